The van der Waals surface area contributed by atoms with Crippen molar-refractivity contribution < 1.29 is 16.8 Å². The Morgan fingerprint density at radius 3 is 2.04 bits per heavy atom. The summed E-state index contributed by atoms with van der Waals surface area (Å²) in [6, 6.07) is 13.8. The van der Waals surface area contributed by atoms with Gasteiger partial charge in [0.2, 0.25) is 20.0 Å². The minimum absolute atomic E-state index is 0.275. The van der Waals surface area contributed by atoms with Gasteiger partial charge in [0, 0.05) is 6.54 Å². The first-order valence-corrected chi connectivity index (χ1v) is 11.8. The second-order valence-electron chi connectivity index (χ2n) is 6.03. The molecule has 150 valence electrons. The number of sulfonamides is 2. The Balaban J connectivity index is 0.000000271. The van der Waals surface area contributed by atoms with Crippen LogP contribution in [0.2, 0.25) is 0 Å². The first-order chi connectivity index (χ1) is 12.6. The van der Waals surface area contributed by atoms with Crippen LogP contribution in [0.3, 0.4) is 0 Å². The fraction of sp³-hybridized carbons (Fsp3) is 0.368. The molecule has 2 aromatic carbocycles. The van der Waals surface area contributed by atoms with E-state index in [0.717, 1.165) is 18.4 Å². The summed E-state index contributed by atoms with van der Waals surface area (Å²) in [5.74, 6) is 0. The molecule has 0 aliphatic carbocycles. The predicted molar refractivity (Wildman–Crippen MR) is 108 cm³/mol. The van der Waals surface area contributed by atoms with Crippen molar-refractivity contribution in [3.63, 3.8) is 0 Å². The quantitative estimate of drug-likeness (QED) is 0.682. The lowest BCUT2D eigenvalue weighted by Gasteiger charge is -2.07. The zero-order valence-electron chi connectivity index (χ0n) is 16.0. The number of benzene rings is 2. The zero-order valence-corrected chi connectivity index (χ0v) is 17.6. The monoisotopic (exact) mass is 412 g/mol. The molecule has 0 saturated carbocycles. The second kappa shape index (κ2) is 10.6. The van der Waals surface area contributed by atoms with Crippen molar-refractivity contribution in [2.45, 2.75) is 49.8 Å². The highest BCUT2D eigenvalue weighted by Crippen LogP contribution is 2.18. The van der Waals surface area contributed by atoms with Crippen LogP contribution >= 0.6 is 0 Å². The Morgan fingerprint density at radius 1 is 0.926 bits per heavy atom. The molecule has 6 nitrogen and oxygen atoms in total. The number of nitrogens with one attached hydrogen (secondary N) is 1. The smallest absolute Gasteiger partial charge is 0.225 e. The summed E-state index contributed by atoms with van der Waals surface area (Å²) >= 11 is 0. The number of rotatable bonds is 7. The molecule has 0 radical (unpaired) electrons. The average Bonchev–Trinajstić information content (AvgIpc) is 2.62. The Bertz CT molecular complexity index is 925. The van der Waals surface area contributed by atoms with Gasteiger partial charge < -0.3 is 0 Å². The molecule has 0 bridgehead atoms. The van der Waals surface area contributed by atoms with Crippen molar-refractivity contribution in [2.24, 2.45) is 5.14 Å². The average molecular weight is 413 g/mol. The lowest BCUT2D eigenvalue weighted by Crippen LogP contribution is -2.24. The molecule has 0 aromatic heterocycles. The van der Waals surface area contributed by atoms with Gasteiger partial charge in [-0.05, 0) is 43.0 Å². The molecule has 0 heterocycles. The van der Waals surface area contributed by atoms with Gasteiger partial charge >= 0.3 is 0 Å². The SMILES string of the molecule is CCCCNS(=O)(=O)c1ccccc1.CCc1cccc(C)c1S(N)(=O)=O. The summed E-state index contributed by atoms with van der Waals surface area (Å²) in [5.41, 5.74) is 1.49. The van der Waals surface area contributed by atoms with Gasteiger partial charge in [0.15, 0.2) is 0 Å². The third-order valence-electron chi connectivity index (χ3n) is 3.83. The minimum Gasteiger partial charge on any atom is -0.225 e. The van der Waals surface area contributed by atoms with E-state index >= 15 is 0 Å². The van der Waals surface area contributed by atoms with Gasteiger partial charge in [-0.1, -0.05) is 56.7 Å². The van der Waals surface area contributed by atoms with E-state index in [1.54, 1.807) is 49.4 Å². The van der Waals surface area contributed by atoms with Crippen molar-refractivity contribution in [2.75, 3.05) is 6.54 Å². The van der Waals surface area contributed by atoms with E-state index in [4.69, 9.17) is 5.14 Å². The van der Waals surface area contributed by atoms with Crippen LogP contribution in [0, 0.1) is 6.92 Å². The van der Waals surface area contributed by atoms with Crippen molar-refractivity contribution in [3.05, 3.63) is 59.7 Å². The summed E-state index contributed by atoms with van der Waals surface area (Å²) < 4.78 is 48.2. The fourth-order valence-electron chi connectivity index (χ4n) is 2.47. The minimum atomic E-state index is -3.58. The Hall–Kier alpha value is -1.74. The molecule has 0 aliphatic heterocycles. The molecule has 3 N–H and O–H groups in total. The molecule has 0 unspecified atom stereocenters. The molecule has 0 fully saturated rings. The van der Waals surface area contributed by atoms with Crippen molar-refractivity contribution in [1.82, 2.24) is 4.72 Å². The predicted octanol–water partition coefficient (Wildman–Crippen LogP) is 2.97. The lowest BCUT2D eigenvalue weighted by molar-refractivity contribution is 0.578. The summed E-state index contributed by atoms with van der Waals surface area (Å²) in [4.78, 5) is 0.605. The highest BCUT2D eigenvalue weighted by Gasteiger charge is 2.15. The van der Waals surface area contributed by atoms with Gasteiger partial charge in [0.1, 0.15) is 0 Å². The molecule has 0 atom stereocenters. The third-order valence-corrected chi connectivity index (χ3v) is 6.46. The van der Waals surface area contributed by atoms with Crippen molar-refractivity contribution in [1.29, 1.82) is 0 Å². The lowest BCUT2D eigenvalue weighted by atomic mass is 10.1. The van der Waals surface area contributed by atoms with Gasteiger partial charge in [0.05, 0.1) is 9.79 Å². The zero-order chi connectivity index (χ0) is 20.5. The summed E-state index contributed by atoms with van der Waals surface area (Å²) in [6.45, 7) is 6.19. The standard InChI is InChI=1S/C10H15NO2S.C9H13NO2S/c1-2-3-9-11-14(12,13)10-7-5-4-6-8-10;1-3-8-6-4-5-7(2)9(8)13(10,11)12/h4-8,11H,2-3,9H2,1H3;4-6H,3H2,1-2H3,(H2,10,11,12). The maximum atomic E-state index is 11.6. The van der Waals surface area contributed by atoms with Crippen LogP contribution in [-0.4, -0.2) is 23.4 Å². The van der Waals surface area contributed by atoms with Gasteiger partial charge in [0.25, 0.3) is 0 Å². The number of hydrogen-bond acceptors (Lipinski definition) is 4. The third kappa shape index (κ3) is 7.42. The summed E-state index contributed by atoms with van der Waals surface area (Å²) in [5, 5.41) is 5.11. The number of aryl methyl sites for hydroxylation is 2. The Morgan fingerprint density at radius 2 is 1.56 bits per heavy atom. The van der Waals surface area contributed by atoms with E-state index in [1.165, 1.54) is 0 Å². The maximum Gasteiger partial charge on any atom is 0.240 e. The molecular weight excluding hydrogens is 384 g/mol. The van der Waals surface area contributed by atoms with Gasteiger partial charge in [-0.3, -0.25) is 0 Å². The van der Waals surface area contributed by atoms with Crippen LogP contribution in [0.4, 0.5) is 0 Å². The van der Waals surface area contributed by atoms with Gasteiger partial charge in [-0.15, -0.1) is 0 Å². The molecule has 0 saturated heterocycles. The molecule has 0 aliphatic rings. The topological polar surface area (TPSA) is 106 Å². The Labute approximate surface area is 162 Å². The maximum absolute atomic E-state index is 11.6. The van der Waals surface area contributed by atoms with Crippen molar-refractivity contribution in [3.8, 4) is 0 Å². The molecule has 27 heavy (non-hydrogen) atoms. The number of primary sulfonamides is 1. The van der Waals surface area contributed by atoms with E-state index in [-0.39, 0.29) is 4.90 Å². The van der Waals surface area contributed by atoms with Crippen molar-refractivity contribution >= 4 is 20.0 Å². The second-order valence-corrected chi connectivity index (χ2v) is 9.29. The normalized spacial score (nSPS) is 11.6. The number of hydrogen-bond donors (Lipinski definition) is 2. The fourth-order valence-corrected chi connectivity index (χ4v) is 4.65. The van der Waals surface area contributed by atoms with E-state index in [0.29, 0.717) is 23.4 Å². The van der Waals surface area contributed by atoms with E-state index in [9.17, 15) is 16.8 Å². The highest BCUT2D eigenvalue weighted by molar-refractivity contribution is 7.89. The molecule has 8 heteroatoms. The van der Waals surface area contributed by atoms with E-state index in [2.05, 4.69) is 4.72 Å². The highest BCUT2D eigenvalue weighted by atomic mass is 32.2. The number of nitrogens with two attached hydrogens (primary N) is 1. The Kier molecular flexibility index (Phi) is 9.11. The molecule has 2 aromatic rings. The number of unbranched alkanes of at least 4 members (excludes halogenated alkanes) is 1. The van der Waals surface area contributed by atoms with Gasteiger partial charge in [-0.2, -0.15) is 0 Å². The first-order valence-electron chi connectivity index (χ1n) is 8.79. The summed E-state index contributed by atoms with van der Waals surface area (Å²) in [6.07, 6.45) is 2.52. The molecular formula is C19H28N2O4S2. The molecule has 0 amide bonds. The van der Waals surface area contributed by atoms with Crippen LogP contribution < -0.4 is 9.86 Å². The van der Waals surface area contributed by atoms with Crippen LogP contribution in [-0.2, 0) is 26.5 Å². The molecule has 0 spiro atoms. The van der Waals surface area contributed by atoms with Crippen LogP contribution in [0.1, 0.15) is 37.8 Å². The van der Waals surface area contributed by atoms with Gasteiger partial charge in [-0.25, -0.2) is 26.7 Å². The molecule has 2 rings (SSSR count). The van der Waals surface area contributed by atoms with E-state index in [1.807, 2.05) is 19.9 Å². The van der Waals surface area contributed by atoms with Crippen LogP contribution in [0.25, 0.3) is 0 Å². The first kappa shape index (κ1) is 23.3. The summed E-state index contributed by atoms with van der Waals surface area (Å²) in [7, 11) is -6.86. The largest absolute Gasteiger partial charge is 0.240 e. The van der Waals surface area contributed by atoms with Crippen LogP contribution in [0.5, 0.6) is 0 Å². The van der Waals surface area contributed by atoms with Crippen LogP contribution in [0.15, 0.2) is 58.3 Å². The van der Waals surface area contributed by atoms with E-state index < -0.39 is 20.0 Å².